The SMILES string of the molecule is CCCOc1ccc(N2C(=O)CC(N(C)CCOc3ccc(OC)cc3)C2=O)cc1. The van der Waals surface area contributed by atoms with Gasteiger partial charge in [-0.1, -0.05) is 6.92 Å². The van der Waals surface area contributed by atoms with Gasteiger partial charge in [0.15, 0.2) is 0 Å². The fourth-order valence-corrected chi connectivity index (χ4v) is 3.28. The quantitative estimate of drug-likeness (QED) is 0.559. The van der Waals surface area contributed by atoms with Crippen LogP contribution in [0.2, 0.25) is 0 Å². The topological polar surface area (TPSA) is 68.3 Å². The van der Waals surface area contributed by atoms with E-state index >= 15 is 0 Å². The molecule has 1 unspecified atom stereocenters. The Morgan fingerprint density at radius 2 is 1.50 bits per heavy atom. The molecule has 0 spiro atoms. The van der Waals surface area contributed by atoms with Crippen molar-refractivity contribution in [1.29, 1.82) is 0 Å². The molecule has 0 aliphatic carbocycles. The predicted octanol–water partition coefficient (Wildman–Crippen LogP) is 3.13. The Bertz CT molecular complexity index is 851. The molecule has 2 aromatic rings. The Balaban J connectivity index is 1.55. The second-order valence-corrected chi connectivity index (χ2v) is 7.13. The van der Waals surface area contributed by atoms with Gasteiger partial charge in [-0.05, 0) is 62.0 Å². The molecule has 1 atom stereocenters. The van der Waals surface area contributed by atoms with Crippen molar-refractivity contribution in [2.24, 2.45) is 0 Å². The third-order valence-corrected chi connectivity index (χ3v) is 4.99. The molecular weight excluding hydrogens is 384 g/mol. The third kappa shape index (κ3) is 5.10. The molecular formula is C23H28N2O5. The van der Waals surface area contributed by atoms with Crippen LogP contribution in [0.15, 0.2) is 48.5 Å². The summed E-state index contributed by atoms with van der Waals surface area (Å²) in [5.74, 6) is 1.80. The summed E-state index contributed by atoms with van der Waals surface area (Å²) in [7, 11) is 3.45. The summed E-state index contributed by atoms with van der Waals surface area (Å²) in [6.07, 6.45) is 1.08. The lowest BCUT2D eigenvalue weighted by Crippen LogP contribution is -2.41. The summed E-state index contributed by atoms with van der Waals surface area (Å²) in [6.45, 7) is 3.60. The lowest BCUT2D eigenvalue weighted by atomic mass is 10.2. The first-order valence-corrected chi connectivity index (χ1v) is 10.1. The number of hydrogen-bond acceptors (Lipinski definition) is 6. The molecule has 0 bridgehead atoms. The summed E-state index contributed by atoms with van der Waals surface area (Å²) < 4.78 is 16.4. The van der Waals surface area contributed by atoms with E-state index in [1.54, 1.807) is 31.4 Å². The number of methoxy groups -OCH3 is 1. The van der Waals surface area contributed by atoms with Crippen LogP contribution < -0.4 is 19.1 Å². The van der Waals surface area contributed by atoms with Gasteiger partial charge in [-0.25, -0.2) is 4.90 Å². The summed E-state index contributed by atoms with van der Waals surface area (Å²) in [5, 5.41) is 0. The van der Waals surface area contributed by atoms with Crippen molar-refractivity contribution in [3.63, 3.8) is 0 Å². The number of carbonyl (C=O) groups excluding carboxylic acids is 2. The fourth-order valence-electron chi connectivity index (χ4n) is 3.28. The highest BCUT2D eigenvalue weighted by molar-refractivity contribution is 6.22. The molecule has 1 saturated heterocycles. The molecule has 1 fully saturated rings. The van der Waals surface area contributed by atoms with Gasteiger partial charge in [-0.15, -0.1) is 0 Å². The maximum Gasteiger partial charge on any atom is 0.251 e. The van der Waals surface area contributed by atoms with E-state index in [0.29, 0.717) is 25.4 Å². The lowest BCUT2D eigenvalue weighted by Gasteiger charge is -2.23. The van der Waals surface area contributed by atoms with E-state index in [0.717, 1.165) is 23.7 Å². The largest absolute Gasteiger partial charge is 0.497 e. The number of ether oxygens (including phenoxy) is 3. The van der Waals surface area contributed by atoms with E-state index < -0.39 is 6.04 Å². The second kappa shape index (κ2) is 10.1. The van der Waals surface area contributed by atoms with Crippen LogP contribution in [0.5, 0.6) is 17.2 Å². The van der Waals surface area contributed by atoms with E-state index in [-0.39, 0.29) is 18.2 Å². The highest BCUT2D eigenvalue weighted by Crippen LogP contribution is 2.27. The number of nitrogens with zero attached hydrogens (tertiary/aromatic N) is 2. The molecule has 1 aliphatic heterocycles. The van der Waals surface area contributed by atoms with E-state index in [1.165, 1.54) is 4.90 Å². The number of anilines is 1. The van der Waals surface area contributed by atoms with E-state index in [1.807, 2.05) is 43.1 Å². The normalized spacial score (nSPS) is 16.3. The zero-order chi connectivity index (χ0) is 21.5. The van der Waals surface area contributed by atoms with Crippen LogP contribution >= 0.6 is 0 Å². The Hall–Kier alpha value is -3.06. The number of benzene rings is 2. The number of carbonyl (C=O) groups is 2. The molecule has 0 radical (unpaired) electrons. The van der Waals surface area contributed by atoms with E-state index in [9.17, 15) is 9.59 Å². The van der Waals surface area contributed by atoms with Crippen molar-refractivity contribution in [1.82, 2.24) is 4.90 Å². The monoisotopic (exact) mass is 412 g/mol. The average Bonchev–Trinajstić information content (AvgIpc) is 3.07. The minimum Gasteiger partial charge on any atom is -0.497 e. The van der Waals surface area contributed by atoms with Crippen molar-refractivity contribution in [3.05, 3.63) is 48.5 Å². The molecule has 1 aliphatic rings. The van der Waals surface area contributed by atoms with Crippen molar-refractivity contribution < 1.29 is 23.8 Å². The van der Waals surface area contributed by atoms with Crippen LogP contribution in [0, 0.1) is 0 Å². The van der Waals surface area contributed by atoms with E-state index in [2.05, 4.69) is 0 Å². The third-order valence-electron chi connectivity index (χ3n) is 4.99. The number of hydrogen-bond donors (Lipinski definition) is 0. The molecule has 0 aromatic heterocycles. The first kappa shape index (κ1) is 21.6. The molecule has 0 N–H and O–H groups in total. The summed E-state index contributed by atoms with van der Waals surface area (Å²) in [4.78, 5) is 28.5. The molecule has 7 heteroatoms. The fraction of sp³-hybridized carbons (Fsp3) is 0.391. The smallest absolute Gasteiger partial charge is 0.251 e. The Morgan fingerprint density at radius 1 is 0.933 bits per heavy atom. The van der Waals surface area contributed by atoms with Crippen LogP contribution in [0.4, 0.5) is 5.69 Å². The highest BCUT2D eigenvalue weighted by atomic mass is 16.5. The van der Waals surface area contributed by atoms with Gasteiger partial charge in [0.05, 0.1) is 31.9 Å². The van der Waals surface area contributed by atoms with Crippen molar-refractivity contribution >= 4 is 17.5 Å². The molecule has 160 valence electrons. The van der Waals surface area contributed by atoms with Crippen LogP contribution in [-0.2, 0) is 9.59 Å². The molecule has 2 amide bonds. The lowest BCUT2D eigenvalue weighted by molar-refractivity contribution is -0.122. The average molecular weight is 412 g/mol. The van der Waals surface area contributed by atoms with Gasteiger partial charge in [-0.2, -0.15) is 0 Å². The van der Waals surface area contributed by atoms with Gasteiger partial charge in [0.2, 0.25) is 5.91 Å². The summed E-state index contributed by atoms with van der Waals surface area (Å²) in [5.41, 5.74) is 0.569. The number of likely N-dealkylation sites (N-methyl/N-ethyl adjacent to an activating group) is 1. The molecule has 7 nitrogen and oxygen atoms in total. The minimum atomic E-state index is -0.493. The van der Waals surface area contributed by atoms with Crippen LogP contribution in [0.3, 0.4) is 0 Å². The first-order valence-electron chi connectivity index (χ1n) is 10.1. The van der Waals surface area contributed by atoms with Crippen LogP contribution in [0.25, 0.3) is 0 Å². The van der Waals surface area contributed by atoms with Crippen molar-refractivity contribution in [2.45, 2.75) is 25.8 Å². The van der Waals surface area contributed by atoms with Crippen molar-refractivity contribution in [2.75, 3.05) is 38.8 Å². The summed E-state index contributed by atoms with van der Waals surface area (Å²) >= 11 is 0. The number of imide groups is 1. The van der Waals surface area contributed by atoms with Crippen molar-refractivity contribution in [3.8, 4) is 17.2 Å². The maximum atomic E-state index is 12.9. The molecule has 30 heavy (non-hydrogen) atoms. The van der Waals surface area contributed by atoms with Crippen LogP contribution in [-0.4, -0.2) is 56.7 Å². The van der Waals surface area contributed by atoms with Gasteiger partial charge in [-0.3, -0.25) is 14.5 Å². The standard InChI is InChI=1S/C23H28N2O5/c1-4-14-29-19-7-5-17(6-8-19)25-22(26)16-21(23(25)27)24(2)13-15-30-20-11-9-18(28-3)10-12-20/h5-12,21H,4,13-16H2,1-3H3. The maximum absolute atomic E-state index is 12.9. The van der Waals surface area contributed by atoms with E-state index in [4.69, 9.17) is 14.2 Å². The van der Waals surface area contributed by atoms with Gasteiger partial charge in [0.25, 0.3) is 5.91 Å². The van der Waals surface area contributed by atoms with Gasteiger partial charge in [0.1, 0.15) is 23.9 Å². The number of amides is 2. The highest BCUT2D eigenvalue weighted by Gasteiger charge is 2.41. The van der Waals surface area contributed by atoms with Gasteiger partial charge < -0.3 is 14.2 Å². The van der Waals surface area contributed by atoms with Gasteiger partial charge in [0, 0.05) is 6.54 Å². The minimum absolute atomic E-state index is 0.159. The summed E-state index contributed by atoms with van der Waals surface area (Å²) in [6, 6.07) is 13.9. The molecule has 3 rings (SSSR count). The molecule has 1 heterocycles. The van der Waals surface area contributed by atoms with Crippen LogP contribution in [0.1, 0.15) is 19.8 Å². The van der Waals surface area contributed by atoms with Gasteiger partial charge >= 0.3 is 0 Å². The first-order chi connectivity index (χ1) is 14.5. The predicted molar refractivity (Wildman–Crippen MR) is 114 cm³/mol. The Kier molecular flexibility index (Phi) is 7.30. The number of rotatable bonds is 10. The Labute approximate surface area is 177 Å². The molecule has 0 saturated carbocycles. The Morgan fingerprint density at radius 3 is 2.10 bits per heavy atom. The molecule has 2 aromatic carbocycles. The zero-order valence-corrected chi connectivity index (χ0v) is 17.7. The zero-order valence-electron chi connectivity index (χ0n) is 17.7. The second-order valence-electron chi connectivity index (χ2n) is 7.13.